The number of urea groups is 1. The van der Waals surface area contributed by atoms with Crippen LogP contribution in [0.1, 0.15) is 5.56 Å². The molecule has 0 fully saturated rings. The van der Waals surface area contributed by atoms with Crippen molar-refractivity contribution in [1.29, 1.82) is 0 Å². The van der Waals surface area contributed by atoms with Crippen LogP contribution in [-0.4, -0.2) is 46.7 Å². The predicted octanol–water partition coefficient (Wildman–Crippen LogP) is 3.74. The Labute approximate surface area is 190 Å². The molecule has 4 aromatic rings. The molecule has 0 aliphatic rings. The number of fused-ring (bicyclic) bond motifs is 1. The summed E-state index contributed by atoms with van der Waals surface area (Å²) in [5.74, 6) is 2.13. The number of aromatic nitrogens is 4. The van der Waals surface area contributed by atoms with Gasteiger partial charge in [-0.2, -0.15) is 0 Å². The number of ether oxygens (including phenoxy) is 2. The summed E-state index contributed by atoms with van der Waals surface area (Å²) in [6, 6.07) is 12.4. The zero-order chi connectivity index (χ0) is 23.0. The van der Waals surface area contributed by atoms with Crippen LogP contribution in [0.25, 0.3) is 10.9 Å². The van der Waals surface area contributed by atoms with Gasteiger partial charge in [-0.15, -0.1) is 0 Å². The number of para-hydroxylation sites is 1. The second-order valence-corrected chi connectivity index (χ2v) is 6.98. The van der Waals surface area contributed by atoms with Crippen molar-refractivity contribution < 1.29 is 14.3 Å². The first-order chi connectivity index (χ1) is 16.2. The van der Waals surface area contributed by atoms with Gasteiger partial charge in [0.1, 0.15) is 12.1 Å². The molecule has 0 aliphatic carbocycles. The maximum absolute atomic E-state index is 12.0. The number of methoxy groups -OCH3 is 2. The van der Waals surface area contributed by atoms with Crippen LogP contribution in [0.5, 0.6) is 11.5 Å². The van der Waals surface area contributed by atoms with Crippen molar-refractivity contribution in [3.63, 3.8) is 0 Å². The number of nitrogens with one attached hydrogen (secondary N) is 3. The van der Waals surface area contributed by atoms with Gasteiger partial charge in [0.25, 0.3) is 0 Å². The third kappa shape index (κ3) is 5.42. The topological polar surface area (TPSA) is 123 Å². The Morgan fingerprint density at radius 1 is 0.909 bits per heavy atom. The number of hydrogen-bond acceptors (Lipinski definition) is 8. The lowest BCUT2D eigenvalue weighted by molar-refractivity contribution is 0.262. The predicted molar refractivity (Wildman–Crippen MR) is 126 cm³/mol. The largest absolute Gasteiger partial charge is 0.493 e. The first kappa shape index (κ1) is 21.8. The number of hydrogen-bond donors (Lipinski definition) is 3. The minimum absolute atomic E-state index is 0.225. The lowest BCUT2D eigenvalue weighted by atomic mass is 10.2. The molecule has 2 heterocycles. The van der Waals surface area contributed by atoms with Crippen LogP contribution >= 0.6 is 0 Å². The first-order valence-corrected chi connectivity index (χ1v) is 10.2. The van der Waals surface area contributed by atoms with Crippen LogP contribution in [0.4, 0.5) is 22.2 Å². The highest BCUT2D eigenvalue weighted by molar-refractivity contribution is 5.98. The molecule has 0 saturated carbocycles. The van der Waals surface area contributed by atoms with Gasteiger partial charge >= 0.3 is 6.03 Å². The molecule has 0 unspecified atom stereocenters. The van der Waals surface area contributed by atoms with Crippen molar-refractivity contribution >= 4 is 34.4 Å². The molecule has 2 aromatic carbocycles. The maximum Gasteiger partial charge on any atom is 0.326 e. The highest BCUT2D eigenvalue weighted by Gasteiger charge is 2.11. The normalized spacial score (nSPS) is 10.5. The average Bonchev–Trinajstić information content (AvgIpc) is 2.85. The van der Waals surface area contributed by atoms with Gasteiger partial charge in [-0.1, -0.05) is 18.2 Å². The summed E-state index contributed by atoms with van der Waals surface area (Å²) in [6.45, 7) is 0.602. The molecule has 33 heavy (non-hydrogen) atoms. The van der Waals surface area contributed by atoms with E-state index < -0.39 is 6.03 Å². The average molecular weight is 445 g/mol. The van der Waals surface area contributed by atoms with Gasteiger partial charge in [0.15, 0.2) is 11.5 Å². The van der Waals surface area contributed by atoms with Gasteiger partial charge in [0.05, 0.1) is 19.7 Å². The molecular formula is C23H23N7O3. The third-order valence-corrected chi connectivity index (χ3v) is 4.81. The summed E-state index contributed by atoms with van der Waals surface area (Å²) < 4.78 is 10.7. The third-order valence-electron chi connectivity index (χ3n) is 4.81. The Morgan fingerprint density at radius 3 is 2.36 bits per heavy atom. The molecule has 0 aliphatic heterocycles. The second-order valence-electron chi connectivity index (χ2n) is 6.98. The quantitative estimate of drug-likeness (QED) is 0.375. The van der Waals surface area contributed by atoms with Gasteiger partial charge in [0, 0.05) is 36.1 Å². The van der Waals surface area contributed by atoms with Crippen molar-refractivity contribution in [3.05, 3.63) is 66.7 Å². The molecule has 3 N–H and O–H groups in total. The number of anilines is 3. The molecule has 0 radical (unpaired) electrons. The van der Waals surface area contributed by atoms with E-state index in [1.807, 2.05) is 30.3 Å². The van der Waals surface area contributed by atoms with Crippen molar-refractivity contribution in [3.8, 4) is 11.5 Å². The Bertz CT molecular complexity index is 1230. The summed E-state index contributed by atoms with van der Waals surface area (Å²) in [7, 11) is 3.17. The Kier molecular flexibility index (Phi) is 6.74. The molecule has 168 valence electrons. The summed E-state index contributed by atoms with van der Waals surface area (Å²) in [5, 5.41) is 9.48. The Morgan fingerprint density at radius 2 is 1.64 bits per heavy atom. The molecule has 10 heteroatoms. The highest BCUT2D eigenvalue weighted by atomic mass is 16.5. The van der Waals surface area contributed by atoms with E-state index in [0.717, 1.165) is 16.5 Å². The maximum atomic E-state index is 12.0. The zero-order valence-electron chi connectivity index (χ0n) is 18.2. The molecule has 2 aromatic heterocycles. The van der Waals surface area contributed by atoms with Crippen LogP contribution in [-0.2, 0) is 6.42 Å². The molecule has 10 nitrogen and oxygen atoms in total. The number of rotatable bonds is 8. The molecule has 0 bridgehead atoms. The van der Waals surface area contributed by atoms with Crippen molar-refractivity contribution in [1.82, 2.24) is 19.9 Å². The van der Waals surface area contributed by atoms with Gasteiger partial charge < -0.3 is 20.1 Å². The fourth-order valence-electron chi connectivity index (χ4n) is 3.18. The number of benzene rings is 2. The molecule has 4 rings (SSSR count). The van der Waals surface area contributed by atoms with E-state index in [4.69, 9.17) is 9.47 Å². The molecular weight excluding hydrogens is 422 g/mol. The van der Waals surface area contributed by atoms with E-state index in [2.05, 4.69) is 35.9 Å². The molecule has 2 amide bonds. The summed E-state index contributed by atoms with van der Waals surface area (Å²) >= 11 is 0. The number of carbonyl (C=O) groups is 1. The summed E-state index contributed by atoms with van der Waals surface area (Å²) in [4.78, 5) is 29.1. The van der Waals surface area contributed by atoms with E-state index in [1.54, 1.807) is 38.7 Å². The number of nitrogens with zero attached hydrogens (tertiary/aromatic N) is 4. The summed E-state index contributed by atoms with van der Waals surface area (Å²) in [6.07, 6.45) is 5.52. The minimum atomic E-state index is -0.404. The Balaban J connectivity index is 1.34. The van der Waals surface area contributed by atoms with Crippen LogP contribution in [0.2, 0.25) is 0 Å². The monoisotopic (exact) mass is 445 g/mol. The highest BCUT2D eigenvalue weighted by Crippen LogP contribution is 2.33. The van der Waals surface area contributed by atoms with E-state index in [9.17, 15) is 4.79 Å². The SMILES string of the molecule is COc1cc2ncnc(NCCc3cnc(NC(=O)Nc4ccccc4)nc3)c2cc1OC. The van der Waals surface area contributed by atoms with E-state index in [-0.39, 0.29) is 5.95 Å². The van der Waals surface area contributed by atoms with Crippen LogP contribution in [0.3, 0.4) is 0 Å². The van der Waals surface area contributed by atoms with Gasteiger partial charge in [-0.05, 0) is 30.2 Å². The fourth-order valence-corrected chi connectivity index (χ4v) is 3.18. The van der Waals surface area contributed by atoms with Crippen molar-refractivity contribution in [2.45, 2.75) is 6.42 Å². The second kappa shape index (κ2) is 10.2. The van der Waals surface area contributed by atoms with Crippen LogP contribution < -0.4 is 25.4 Å². The van der Waals surface area contributed by atoms with Crippen molar-refractivity contribution in [2.75, 3.05) is 36.7 Å². The standard InChI is InChI=1S/C23H23N7O3/c1-32-19-10-17-18(11-20(19)33-2)27-14-28-21(17)24-9-8-15-12-25-22(26-13-15)30-23(31)29-16-6-4-3-5-7-16/h3-7,10-14H,8-9H2,1-2H3,(H,24,27,28)(H2,25,26,29,30,31). The Hall–Kier alpha value is -4.47. The van der Waals surface area contributed by atoms with E-state index in [0.29, 0.717) is 36.0 Å². The first-order valence-electron chi connectivity index (χ1n) is 10.2. The summed E-state index contributed by atoms with van der Waals surface area (Å²) in [5.41, 5.74) is 2.35. The lowest BCUT2D eigenvalue weighted by Gasteiger charge is -2.12. The number of carbonyl (C=O) groups excluding carboxylic acids is 1. The van der Waals surface area contributed by atoms with Crippen LogP contribution in [0, 0.1) is 0 Å². The van der Waals surface area contributed by atoms with Gasteiger partial charge in [0.2, 0.25) is 5.95 Å². The number of amides is 2. The fraction of sp³-hybridized carbons (Fsp3) is 0.174. The smallest absolute Gasteiger partial charge is 0.326 e. The van der Waals surface area contributed by atoms with Gasteiger partial charge in [-0.3, -0.25) is 5.32 Å². The van der Waals surface area contributed by atoms with Crippen LogP contribution in [0.15, 0.2) is 61.2 Å². The molecule has 0 spiro atoms. The molecule has 0 atom stereocenters. The van der Waals surface area contributed by atoms with Crippen molar-refractivity contribution in [2.24, 2.45) is 0 Å². The molecule has 0 saturated heterocycles. The minimum Gasteiger partial charge on any atom is -0.493 e. The lowest BCUT2D eigenvalue weighted by Crippen LogP contribution is -2.20. The van der Waals surface area contributed by atoms with Gasteiger partial charge in [-0.25, -0.2) is 24.7 Å². The van der Waals surface area contributed by atoms with E-state index in [1.165, 1.54) is 6.33 Å². The van der Waals surface area contributed by atoms with E-state index >= 15 is 0 Å². The zero-order valence-corrected chi connectivity index (χ0v) is 18.2.